The van der Waals surface area contributed by atoms with Crippen molar-refractivity contribution in [2.75, 3.05) is 11.9 Å². The van der Waals surface area contributed by atoms with Crippen molar-refractivity contribution in [2.45, 2.75) is 6.42 Å². The Morgan fingerprint density at radius 2 is 2.33 bits per heavy atom. The van der Waals surface area contributed by atoms with E-state index >= 15 is 0 Å². The van der Waals surface area contributed by atoms with Gasteiger partial charge in [0.15, 0.2) is 0 Å². The van der Waals surface area contributed by atoms with Crippen molar-refractivity contribution in [3.63, 3.8) is 0 Å². The Morgan fingerprint density at radius 1 is 1.50 bits per heavy atom. The zero-order valence-electron chi connectivity index (χ0n) is 10.1. The largest absolute Gasteiger partial charge is 0.388 e. The van der Waals surface area contributed by atoms with Gasteiger partial charge in [-0.3, -0.25) is 9.67 Å². The van der Waals surface area contributed by atoms with Gasteiger partial charge in [0.1, 0.15) is 4.99 Å². The Morgan fingerprint density at radius 3 is 3.00 bits per heavy atom. The molecular formula is C12H15N5S. The first-order valence-corrected chi connectivity index (χ1v) is 6.04. The number of pyridine rings is 1. The summed E-state index contributed by atoms with van der Waals surface area (Å²) in [5.41, 5.74) is 8.19. The van der Waals surface area contributed by atoms with Crippen molar-refractivity contribution in [1.29, 1.82) is 0 Å². The third kappa shape index (κ3) is 3.27. The highest BCUT2D eigenvalue weighted by atomic mass is 32.1. The minimum atomic E-state index is 0.309. The monoisotopic (exact) mass is 261 g/mol. The van der Waals surface area contributed by atoms with Crippen LogP contribution in [0.5, 0.6) is 0 Å². The van der Waals surface area contributed by atoms with Crippen LogP contribution in [0.1, 0.15) is 11.4 Å². The minimum absolute atomic E-state index is 0.309. The number of nitrogens with one attached hydrogen (secondary N) is 1. The molecule has 0 atom stereocenters. The van der Waals surface area contributed by atoms with Crippen molar-refractivity contribution in [1.82, 2.24) is 14.8 Å². The molecule has 0 aliphatic heterocycles. The third-order valence-electron chi connectivity index (χ3n) is 2.49. The number of hydrogen-bond acceptors (Lipinski definition) is 4. The first kappa shape index (κ1) is 12.5. The van der Waals surface area contributed by atoms with Gasteiger partial charge in [-0.05, 0) is 18.2 Å². The van der Waals surface area contributed by atoms with Gasteiger partial charge in [-0.1, -0.05) is 12.2 Å². The smallest absolute Gasteiger partial charge is 0.122 e. The summed E-state index contributed by atoms with van der Waals surface area (Å²) in [6, 6.07) is 5.75. The lowest BCUT2D eigenvalue weighted by Gasteiger charge is -2.06. The first-order valence-electron chi connectivity index (χ1n) is 5.63. The zero-order valence-corrected chi connectivity index (χ0v) is 10.9. The van der Waals surface area contributed by atoms with Gasteiger partial charge in [0.2, 0.25) is 0 Å². The van der Waals surface area contributed by atoms with Crippen LogP contribution < -0.4 is 11.1 Å². The van der Waals surface area contributed by atoms with E-state index < -0.39 is 0 Å². The lowest BCUT2D eigenvalue weighted by molar-refractivity contribution is 0.742. The molecule has 94 valence electrons. The molecule has 0 amide bonds. The predicted molar refractivity (Wildman–Crippen MR) is 75.5 cm³/mol. The second kappa shape index (κ2) is 5.59. The number of aryl methyl sites for hydroxylation is 1. The normalized spacial score (nSPS) is 10.3. The molecule has 0 bridgehead atoms. The fourth-order valence-corrected chi connectivity index (χ4v) is 1.72. The summed E-state index contributed by atoms with van der Waals surface area (Å²) in [6.07, 6.45) is 4.50. The van der Waals surface area contributed by atoms with Crippen LogP contribution in [0.2, 0.25) is 0 Å². The summed E-state index contributed by atoms with van der Waals surface area (Å²) in [4.78, 5) is 4.40. The SMILES string of the molecule is Cn1ccc(CCNc2ccnc(C(N)=S)c2)n1. The summed E-state index contributed by atoms with van der Waals surface area (Å²) in [7, 11) is 1.91. The number of anilines is 1. The summed E-state index contributed by atoms with van der Waals surface area (Å²) in [5.74, 6) is 0. The molecule has 0 aliphatic rings. The van der Waals surface area contributed by atoms with Crippen LogP contribution in [0.25, 0.3) is 0 Å². The Bertz CT molecular complexity index is 549. The number of aromatic nitrogens is 3. The summed E-state index contributed by atoms with van der Waals surface area (Å²) in [6.45, 7) is 0.803. The molecule has 0 unspecified atom stereocenters. The second-order valence-corrected chi connectivity index (χ2v) is 4.39. The van der Waals surface area contributed by atoms with E-state index in [9.17, 15) is 0 Å². The van der Waals surface area contributed by atoms with Crippen LogP contribution in [0.4, 0.5) is 5.69 Å². The van der Waals surface area contributed by atoms with Gasteiger partial charge in [0.05, 0.1) is 11.4 Å². The second-order valence-electron chi connectivity index (χ2n) is 3.95. The zero-order chi connectivity index (χ0) is 13.0. The van der Waals surface area contributed by atoms with Gasteiger partial charge in [-0.25, -0.2) is 0 Å². The molecule has 0 saturated heterocycles. The van der Waals surface area contributed by atoms with E-state index in [1.54, 1.807) is 10.9 Å². The standard InChI is InChI=1S/C12H15N5S/c1-17-7-4-9(16-17)2-5-14-10-3-6-15-11(8-10)12(13)18/h3-4,6-8H,2,5H2,1H3,(H2,13,18)(H,14,15). The van der Waals surface area contributed by atoms with E-state index in [1.165, 1.54) is 0 Å². The number of rotatable bonds is 5. The highest BCUT2D eigenvalue weighted by Crippen LogP contribution is 2.08. The van der Waals surface area contributed by atoms with Gasteiger partial charge >= 0.3 is 0 Å². The molecule has 0 saturated carbocycles. The molecule has 3 N–H and O–H groups in total. The molecule has 6 heteroatoms. The summed E-state index contributed by atoms with van der Waals surface area (Å²) < 4.78 is 1.80. The molecule has 2 aromatic heterocycles. The van der Waals surface area contributed by atoms with Crippen LogP contribution in [0.3, 0.4) is 0 Å². The average Bonchev–Trinajstić information content (AvgIpc) is 2.75. The number of hydrogen-bond donors (Lipinski definition) is 2. The van der Waals surface area contributed by atoms with Gasteiger partial charge in [0, 0.05) is 38.1 Å². The van der Waals surface area contributed by atoms with Crippen molar-refractivity contribution in [3.05, 3.63) is 42.0 Å². The summed E-state index contributed by atoms with van der Waals surface area (Å²) >= 11 is 4.89. The molecule has 5 nitrogen and oxygen atoms in total. The molecule has 0 fully saturated rings. The van der Waals surface area contributed by atoms with Crippen molar-refractivity contribution in [2.24, 2.45) is 12.8 Å². The molecule has 0 aliphatic carbocycles. The topological polar surface area (TPSA) is 68.8 Å². The van der Waals surface area contributed by atoms with Gasteiger partial charge < -0.3 is 11.1 Å². The lowest BCUT2D eigenvalue weighted by atomic mass is 10.3. The maximum absolute atomic E-state index is 5.53. The maximum atomic E-state index is 5.53. The Balaban J connectivity index is 1.90. The Labute approximate surface area is 111 Å². The number of nitrogens with zero attached hydrogens (tertiary/aromatic N) is 3. The highest BCUT2D eigenvalue weighted by molar-refractivity contribution is 7.80. The molecule has 2 aromatic rings. The quantitative estimate of drug-likeness (QED) is 0.789. The number of thiocarbonyl (C=S) groups is 1. The predicted octanol–water partition coefficient (Wildman–Crippen LogP) is 1.10. The molecule has 2 heterocycles. The van der Waals surface area contributed by atoms with E-state index in [-0.39, 0.29) is 0 Å². The molecular weight excluding hydrogens is 246 g/mol. The molecule has 18 heavy (non-hydrogen) atoms. The Hall–Kier alpha value is -1.95. The van der Waals surface area contributed by atoms with E-state index in [0.29, 0.717) is 10.7 Å². The van der Waals surface area contributed by atoms with E-state index in [1.807, 2.05) is 31.4 Å². The van der Waals surface area contributed by atoms with Gasteiger partial charge in [0.25, 0.3) is 0 Å². The molecule has 2 rings (SSSR count). The first-order chi connectivity index (χ1) is 8.65. The summed E-state index contributed by atoms with van der Waals surface area (Å²) in [5, 5.41) is 7.60. The maximum Gasteiger partial charge on any atom is 0.122 e. The highest BCUT2D eigenvalue weighted by Gasteiger charge is 2.00. The van der Waals surface area contributed by atoms with E-state index in [2.05, 4.69) is 15.4 Å². The van der Waals surface area contributed by atoms with Gasteiger partial charge in [-0.2, -0.15) is 5.10 Å². The average molecular weight is 261 g/mol. The van der Waals surface area contributed by atoms with Crippen LogP contribution in [0, 0.1) is 0 Å². The van der Waals surface area contributed by atoms with Crippen molar-refractivity contribution >= 4 is 22.9 Å². The third-order valence-corrected chi connectivity index (χ3v) is 2.70. The molecule has 0 spiro atoms. The van der Waals surface area contributed by atoms with Crippen LogP contribution in [-0.4, -0.2) is 26.3 Å². The Kier molecular flexibility index (Phi) is 3.88. The fourth-order valence-electron chi connectivity index (χ4n) is 1.61. The minimum Gasteiger partial charge on any atom is -0.388 e. The van der Waals surface area contributed by atoms with E-state index in [0.717, 1.165) is 24.3 Å². The van der Waals surface area contributed by atoms with E-state index in [4.69, 9.17) is 18.0 Å². The van der Waals surface area contributed by atoms with Crippen LogP contribution in [-0.2, 0) is 13.5 Å². The molecule has 0 radical (unpaired) electrons. The van der Waals surface area contributed by atoms with Crippen LogP contribution in [0.15, 0.2) is 30.6 Å². The number of nitrogens with two attached hydrogens (primary N) is 1. The van der Waals surface area contributed by atoms with Crippen molar-refractivity contribution in [3.8, 4) is 0 Å². The van der Waals surface area contributed by atoms with Crippen LogP contribution >= 0.6 is 12.2 Å². The van der Waals surface area contributed by atoms with Gasteiger partial charge in [-0.15, -0.1) is 0 Å². The van der Waals surface area contributed by atoms with Crippen molar-refractivity contribution < 1.29 is 0 Å². The molecule has 0 aromatic carbocycles. The lowest BCUT2D eigenvalue weighted by Crippen LogP contribution is -2.12. The fraction of sp³-hybridized carbons (Fsp3) is 0.250.